The Morgan fingerprint density at radius 3 is 2.07 bits per heavy atom. The quantitative estimate of drug-likeness (QED) is 0.556. The highest BCUT2D eigenvalue weighted by molar-refractivity contribution is 8.03. The van der Waals surface area contributed by atoms with Crippen LogP contribution in [0, 0.1) is 6.92 Å². The minimum atomic E-state index is -1.21. The summed E-state index contributed by atoms with van der Waals surface area (Å²) >= 11 is 24.3. The molecule has 0 aliphatic carbocycles. The Balaban J connectivity index is 2.74. The van der Waals surface area contributed by atoms with Gasteiger partial charge in [0.1, 0.15) is 4.84 Å². The van der Waals surface area contributed by atoms with E-state index in [1.165, 1.54) is 17.3 Å². The summed E-state index contributed by atoms with van der Waals surface area (Å²) in [5, 5.41) is 0. The maximum Gasteiger partial charge on any atom is 0.197 e. The number of hydrogen-bond acceptors (Lipinski definition) is 1. The third kappa shape index (κ3) is 3.71. The summed E-state index contributed by atoms with van der Waals surface area (Å²) < 4.78 is -1.21. The zero-order chi connectivity index (χ0) is 10.8. The van der Waals surface area contributed by atoms with Crippen molar-refractivity contribution >= 4 is 58.2 Å². The minimum Gasteiger partial charge on any atom is -0.101 e. The van der Waals surface area contributed by atoms with Gasteiger partial charge in [-0.15, -0.1) is 23.2 Å². The summed E-state index contributed by atoms with van der Waals surface area (Å²) in [6, 6.07) is 7.80. The van der Waals surface area contributed by atoms with Crippen LogP contribution in [0.4, 0.5) is 0 Å². The van der Waals surface area contributed by atoms with E-state index in [0.29, 0.717) is 0 Å². The molecule has 1 aromatic carbocycles. The Labute approximate surface area is 108 Å². The van der Waals surface area contributed by atoms with Gasteiger partial charge in [0.25, 0.3) is 0 Å². The molecule has 0 heterocycles. The molecule has 0 spiro atoms. The topological polar surface area (TPSA) is 0 Å². The smallest absolute Gasteiger partial charge is 0.101 e. The van der Waals surface area contributed by atoms with E-state index in [0.717, 1.165) is 4.90 Å². The van der Waals surface area contributed by atoms with Crippen molar-refractivity contribution in [3.63, 3.8) is 0 Å². The second-order valence-corrected chi connectivity index (χ2v) is 7.03. The van der Waals surface area contributed by atoms with Gasteiger partial charge in [0.15, 0.2) is 3.67 Å². The van der Waals surface area contributed by atoms with Crippen molar-refractivity contribution in [1.82, 2.24) is 0 Å². The van der Waals surface area contributed by atoms with Crippen molar-refractivity contribution < 1.29 is 0 Å². The van der Waals surface area contributed by atoms with Crippen molar-refractivity contribution in [2.24, 2.45) is 0 Å². The predicted octanol–water partition coefficient (Wildman–Crippen LogP) is 5.02. The fourth-order valence-electron chi connectivity index (χ4n) is 0.808. The van der Waals surface area contributed by atoms with Gasteiger partial charge >= 0.3 is 0 Å². The third-order valence-electron chi connectivity index (χ3n) is 1.53. The SMILES string of the molecule is Cc1ccc(SC(Cl)(Cl)C(Cl)Cl)cc1. The average Bonchev–Trinajstić information content (AvgIpc) is 2.08. The minimum absolute atomic E-state index is 0.836. The van der Waals surface area contributed by atoms with Crippen LogP contribution in [0.1, 0.15) is 5.56 Å². The lowest BCUT2D eigenvalue weighted by molar-refractivity contribution is 1.20. The van der Waals surface area contributed by atoms with Crippen LogP contribution in [0.15, 0.2) is 29.2 Å². The summed E-state index contributed by atoms with van der Waals surface area (Å²) in [5.41, 5.74) is 1.18. The Kier molecular flexibility index (Phi) is 4.73. The molecule has 5 heteroatoms. The van der Waals surface area contributed by atoms with Crippen molar-refractivity contribution in [3.05, 3.63) is 29.8 Å². The molecular formula is C9H8Cl4S. The number of aryl methyl sites for hydroxylation is 1. The molecule has 0 nitrogen and oxygen atoms in total. The molecule has 0 bridgehead atoms. The van der Waals surface area contributed by atoms with Crippen LogP contribution in [0.25, 0.3) is 0 Å². The van der Waals surface area contributed by atoms with Crippen molar-refractivity contribution in [2.75, 3.05) is 0 Å². The lowest BCUT2D eigenvalue weighted by Gasteiger charge is -2.19. The highest BCUT2D eigenvalue weighted by atomic mass is 35.5. The Morgan fingerprint density at radius 2 is 1.64 bits per heavy atom. The van der Waals surface area contributed by atoms with Gasteiger partial charge < -0.3 is 0 Å². The second kappa shape index (κ2) is 5.18. The molecule has 1 rings (SSSR count). The van der Waals surface area contributed by atoms with Crippen molar-refractivity contribution in [2.45, 2.75) is 20.3 Å². The molecule has 78 valence electrons. The van der Waals surface area contributed by atoms with Gasteiger partial charge in [-0.3, -0.25) is 0 Å². The van der Waals surface area contributed by atoms with Gasteiger partial charge in [-0.2, -0.15) is 0 Å². The first-order valence-electron chi connectivity index (χ1n) is 3.83. The molecule has 14 heavy (non-hydrogen) atoms. The molecule has 0 atom stereocenters. The van der Waals surface area contributed by atoms with E-state index in [4.69, 9.17) is 46.4 Å². The lowest BCUT2D eigenvalue weighted by Crippen LogP contribution is -2.16. The molecule has 0 radical (unpaired) electrons. The van der Waals surface area contributed by atoms with Gasteiger partial charge in [0, 0.05) is 4.90 Å². The summed E-state index contributed by atoms with van der Waals surface area (Å²) in [6.45, 7) is 2.01. The van der Waals surface area contributed by atoms with Crippen LogP contribution in [0.3, 0.4) is 0 Å². The van der Waals surface area contributed by atoms with Crippen LogP contribution < -0.4 is 0 Å². The molecule has 0 saturated carbocycles. The standard InChI is InChI=1S/C9H8Cl4S/c1-6-2-4-7(5-3-6)14-9(12,13)8(10)11/h2-5,8H,1H3. The van der Waals surface area contributed by atoms with E-state index >= 15 is 0 Å². The first kappa shape index (κ1) is 12.8. The van der Waals surface area contributed by atoms with E-state index in [9.17, 15) is 0 Å². The first-order valence-corrected chi connectivity index (χ1v) is 6.28. The molecule has 0 amide bonds. The first-order chi connectivity index (χ1) is 6.42. The van der Waals surface area contributed by atoms with E-state index in [1.54, 1.807) is 0 Å². The number of hydrogen-bond donors (Lipinski definition) is 0. The fourth-order valence-corrected chi connectivity index (χ4v) is 2.29. The zero-order valence-corrected chi connectivity index (χ0v) is 11.1. The van der Waals surface area contributed by atoms with Crippen LogP contribution >= 0.6 is 58.2 Å². The van der Waals surface area contributed by atoms with Gasteiger partial charge in [0.05, 0.1) is 0 Å². The van der Waals surface area contributed by atoms with Crippen molar-refractivity contribution in [3.8, 4) is 0 Å². The number of rotatable bonds is 3. The predicted molar refractivity (Wildman–Crippen MR) is 67.0 cm³/mol. The molecule has 0 aliphatic heterocycles. The number of thioether (sulfide) groups is 1. The Morgan fingerprint density at radius 1 is 1.14 bits per heavy atom. The molecule has 0 unspecified atom stereocenters. The van der Waals surface area contributed by atoms with Crippen molar-refractivity contribution in [1.29, 1.82) is 0 Å². The highest BCUT2D eigenvalue weighted by Gasteiger charge is 2.33. The largest absolute Gasteiger partial charge is 0.197 e. The monoisotopic (exact) mass is 288 g/mol. The Hall–Kier alpha value is 0.730. The van der Waals surface area contributed by atoms with Gasteiger partial charge in [-0.25, -0.2) is 0 Å². The van der Waals surface area contributed by atoms with Crippen LogP contribution in [0.2, 0.25) is 0 Å². The van der Waals surface area contributed by atoms with E-state index in [1.807, 2.05) is 31.2 Å². The number of benzene rings is 1. The van der Waals surface area contributed by atoms with E-state index in [2.05, 4.69) is 0 Å². The maximum atomic E-state index is 5.91. The summed E-state index contributed by atoms with van der Waals surface area (Å²) in [4.78, 5) is 0.101. The maximum absolute atomic E-state index is 5.91. The van der Waals surface area contributed by atoms with Crippen LogP contribution in [-0.2, 0) is 0 Å². The lowest BCUT2D eigenvalue weighted by atomic mass is 10.2. The molecule has 0 aromatic heterocycles. The molecule has 0 aliphatic rings. The number of alkyl halides is 4. The van der Waals surface area contributed by atoms with Gasteiger partial charge in [-0.05, 0) is 19.1 Å². The van der Waals surface area contributed by atoms with Gasteiger partial charge in [-0.1, -0.05) is 52.7 Å². The normalized spacial score (nSPS) is 12.1. The molecule has 0 fully saturated rings. The molecule has 1 aromatic rings. The van der Waals surface area contributed by atoms with Crippen LogP contribution in [0.5, 0.6) is 0 Å². The molecule has 0 saturated heterocycles. The summed E-state index contributed by atoms with van der Waals surface area (Å²) in [7, 11) is 0. The second-order valence-electron chi connectivity index (χ2n) is 2.78. The fraction of sp³-hybridized carbons (Fsp3) is 0.333. The average molecular weight is 290 g/mol. The highest BCUT2D eigenvalue weighted by Crippen LogP contribution is 2.46. The zero-order valence-electron chi connectivity index (χ0n) is 7.31. The van der Waals surface area contributed by atoms with E-state index in [-0.39, 0.29) is 0 Å². The molecule has 0 N–H and O–H groups in total. The summed E-state index contributed by atoms with van der Waals surface area (Å²) in [5.74, 6) is 0. The van der Waals surface area contributed by atoms with Crippen LogP contribution in [-0.4, -0.2) is 8.50 Å². The summed E-state index contributed by atoms with van der Waals surface area (Å²) in [6.07, 6.45) is 0. The van der Waals surface area contributed by atoms with Gasteiger partial charge in [0.2, 0.25) is 0 Å². The molecular weight excluding hydrogens is 282 g/mol. The van der Waals surface area contributed by atoms with E-state index < -0.39 is 8.50 Å². The number of halogens is 4. The Bertz CT molecular complexity index is 294. The third-order valence-corrected chi connectivity index (χ3v) is 4.80.